The standard InChI is InChI=1S/C49H33NO/c1-4-14-34(15-5-1)35-24-30-47-43(32-35)44-33-40(29-31-48(44)51-47)50(38-18-8-3-9-19-38)39-27-25-37(26-28-39)49(36-16-6-2-7-17-36)45-22-12-10-20-41(45)42-21-11-13-23-46(42)49/h1-33H. The van der Waals surface area contributed by atoms with Crippen LogP contribution in [-0.4, -0.2) is 0 Å². The maximum absolute atomic E-state index is 6.35. The molecule has 2 nitrogen and oxygen atoms in total. The van der Waals surface area contributed by atoms with E-state index in [1.54, 1.807) is 0 Å². The van der Waals surface area contributed by atoms with E-state index in [-0.39, 0.29) is 0 Å². The highest BCUT2D eigenvalue weighted by Gasteiger charge is 2.45. The number of rotatable bonds is 6. The topological polar surface area (TPSA) is 16.4 Å². The molecular weight excluding hydrogens is 619 g/mol. The zero-order valence-electron chi connectivity index (χ0n) is 27.9. The van der Waals surface area contributed by atoms with Gasteiger partial charge in [-0.2, -0.15) is 0 Å². The largest absolute Gasteiger partial charge is 0.456 e. The Morgan fingerprint density at radius 3 is 1.51 bits per heavy atom. The Morgan fingerprint density at radius 1 is 0.353 bits per heavy atom. The maximum atomic E-state index is 6.35. The molecule has 0 saturated carbocycles. The summed E-state index contributed by atoms with van der Waals surface area (Å²) >= 11 is 0. The molecule has 1 aliphatic carbocycles. The molecule has 1 aliphatic rings. The number of para-hydroxylation sites is 1. The Bertz CT molecular complexity index is 2630. The molecular formula is C49H33NO. The van der Waals surface area contributed by atoms with Crippen molar-refractivity contribution in [2.75, 3.05) is 4.90 Å². The van der Waals surface area contributed by atoms with Crippen LogP contribution in [0.3, 0.4) is 0 Å². The molecule has 0 fully saturated rings. The van der Waals surface area contributed by atoms with Gasteiger partial charge in [0.05, 0.1) is 5.41 Å². The fourth-order valence-corrected chi connectivity index (χ4v) is 8.31. The minimum atomic E-state index is -0.435. The Labute approximate surface area is 297 Å². The van der Waals surface area contributed by atoms with Crippen LogP contribution in [-0.2, 0) is 5.41 Å². The quantitative estimate of drug-likeness (QED) is 0.178. The van der Waals surface area contributed by atoms with Crippen molar-refractivity contribution in [2.45, 2.75) is 5.41 Å². The van der Waals surface area contributed by atoms with E-state index in [4.69, 9.17) is 4.42 Å². The third-order valence-electron chi connectivity index (χ3n) is 10.6. The lowest BCUT2D eigenvalue weighted by atomic mass is 9.68. The van der Waals surface area contributed by atoms with Crippen LogP contribution in [0.4, 0.5) is 17.1 Å². The van der Waals surface area contributed by atoms with Crippen LogP contribution in [0.5, 0.6) is 0 Å². The summed E-state index contributed by atoms with van der Waals surface area (Å²) in [4.78, 5) is 2.34. The minimum absolute atomic E-state index is 0.435. The van der Waals surface area contributed by atoms with Crippen molar-refractivity contribution in [3.63, 3.8) is 0 Å². The van der Waals surface area contributed by atoms with E-state index in [2.05, 4.69) is 205 Å². The molecule has 1 heterocycles. The van der Waals surface area contributed by atoms with Crippen LogP contribution in [0.25, 0.3) is 44.2 Å². The van der Waals surface area contributed by atoms with Crippen molar-refractivity contribution < 1.29 is 4.42 Å². The van der Waals surface area contributed by atoms with E-state index in [9.17, 15) is 0 Å². The van der Waals surface area contributed by atoms with Gasteiger partial charge in [0.15, 0.2) is 0 Å². The van der Waals surface area contributed by atoms with Gasteiger partial charge in [-0.1, -0.05) is 146 Å². The summed E-state index contributed by atoms with van der Waals surface area (Å²) in [6.45, 7) is 0. The van der Waals surface area contributed by atoms with Crippen LogP contribution in [0.15, 0.2) is 205 Å². The predicted octanol–water partition coefficient (Wildman–Crippen LogP) is 13.1. The average Bonchev–Trinajstić information content (AvgIpc) is 3.73. The second-order valence-electron chi connectivity index (χ2n) is 13.3. The van der Waals surface area contributed by atoms with E-state index in [1.165, 1.54) is 44.5 Å². The van der Waals surface area contributed by atoms with Crippen LogP contribution in [0, 0.1) is 0 Å². The molecule has 0 atom stereocenters. The summed E-state index contributed by atoms with van der Waals surface area (Å²) in [7, 11) is 0. The molecule has 0 unspecified atom stereocenters. The summed E-state index contributed by atoms with van der Waals surface area (Å²) in [5.74, 6) is 0. The third-order valence-corrected chi connectivity index (χ3v) is 10.6. The van der Waals surface area contributed by atoms with Gasteiger partial charge in [-0.15, -0.1) is 0 Å². The van der Waals surface area contributed by atoms with Crippen molar-refractivity contribution in [1.82, 2.24) is 0 Å². The molecule has 0 spiro atoms. The summed E-state index contributed by atoms with van der Waals surface area (Å²) in [6.07, 6.45) is 0. The Kier molecular flexibility index (Phi) is 6.75. The van der Waals surface area contributed by atoms with Crippen molar-refractivity contribution in [1.29, 1.82) is 0 Å². The van der Waals surface area contributed by atoms with Crippen molar-refractivity contribution in [2.24, 2.45) is 0 Å². The number of benzene rings is 8. The van der Waals surface area contributed by atoms with Crippen molar-refractivity contribution in [3.05, 3.63) is 222 Å². The SMILES string of the molecule is c1ccc(-c2ccc3oc4ccc(N(c5ccccc5)c5ccc(C6(c7ccccc7)c7ccccc7-c7ccccc76)cc5)cc4c3c2)cc1. The first-order valence-electron chi connectivity index (χ1n) is 17.5. The smallest absolute Gasteiger partial charge is 0.135 e. The molecule has 0 amide bonds. The van der Waals surface area contributed by atoms with Crippen LogP contribution >= 0.6 is 0 Å². The first kappa shape index (κ1) is 29.3. The van der Waals surface area contributed by atoms with Gasteiger partial charge in [0.2, 0.25) is 0 Å². The minimum Gasteiger partial charge on any atom is -0.456 e. The number of nitrogens with zero attached hydrogens (tertiary/aromatic N) is 1. The Hall–Kier alpha value is -6.64. The zero-order chi connectivity index (χ0) is 33.8. The lowest BCUT2D eigenvalue weighted by Crippen LogP contribution is -2.28. The zero-order valence-corrected chi connectivity index (χ0v) is 27.9. The summed E-state index contributed by atoms with van der Waals surface area (Å²) in [5, 5.41) is 2.21. The highest BCUT2D eigenvalue weighted by atomic mass is 16.3. The number of anilines is 3. The lowest BCUT2D eigenvalue weighted by Gasteiger charge is -2.34. The molecule has 0 N–H and O–H groups in total. The predicted molar refractivity (Wildman–Crippen MR) is 211 cm³/mol. The average molecular weight is 652 g/mol. The van der Waals surface area contributed by atoms with Crippen LogP contribution < -0.4 is 4.90 Å². The molecule has 10 rings (SSSR count). The molecule has 0 saturated heterocycles. The van der Waals surface area contributed by atoms with Crippen LogP contribution in [0.1, 0.15) is 22.3 Å². The first-order valence-corrected chi connectivity index (χ1v) is 17.5. The normalized spacial score (nSPS) is 12.9. The van der Waals surface area contributed by atoms with Gasteiger partial charge in [-0.3, -0.25) is 0 Å². The van der Waals surface area contributed by atoms with E-state index >= 15 is 0 Å². The van der Waals surface area contributed by atoms with Gasteiger partial charge in [0.1, 0.15) is 11.2 Å². The summed E-state index contributed by atoms with van der Waals surface area (Å²) < 4.78 is 6.35. The number of hydrogen-bond donors (Lipinski definition) is 0. The first-order chi connectivity index (χ1) is 25.3. The molecule has 240 valence electrons. The van der Waals surface area contributed by atoms with E-state index in [0.29, 0.717) is 0 Å². The monoisotopic (exact) mass is 651 g/mol. The number of hydrogen-bond acceptors (Lipinski definition) is 2. The second-order valence-corrected chi connectivity index (χ2v) is 13.3. The second kappa shape index (κ2) is 11.8. The fourth-order valence-electron chi connectivity index (χ4n) is 8.31. The molecule has 0 bridgehead atoms. The fraction of sp³-hybridized carbons (Fsp3) is 0.0204. The van der Waals surface area contributed by atoms with Gasteiger partial charge in [0, 0.05) is 27.8 Å². The molecule has 1 aromatic heterocycles. The molecule has 8 aromatic carbocycles. The van der Waals surface area contributed by atoms with E-state index in [1.807, 2.05) is 0 Å². The molecule has 9 aromatic rings. The van der Waals surface area contributed by atoms with E-state index in [0.717, 1.165) is 39.0 Å². The maximum Gasteiger partial charge on any atom is 0.135 e. The third kappa shape index (κ3) is 4.57. The highest BCUT2D eigenvalue weighted by Crippen LogP contribution is 2.56. The molecule has 2 heteroatoms. The Balaban J connectivity index is 1.14. The summed E-state index contributed by atoms with van der Waals surface area (Å²) in [6, 6.07) is 72.2. The van der Waals surface area contributed by atoms with E-state index < -0.39 is 5.41 Å². The van der Waals surface area contributed by atoms with Gasteiger partial charge < -0.3 is 9.32 Å². The lowest BCUT2D eigenvalue weighted by molar-refractivity contribution is 0.669. The van der Waals surface area contributed by atoms with Gasteiger partial charge in [-0.05, 0) is 99.1 Å². The van der Waals surface area contributed by atoms with Crippen LogP contribution in [0.2, 0.25) is 0 Å². The van der Waals surface area contributed by atoms with Crippen molar-refractivity contribution in [3.8, 4) is 22.3 Å². The molecule has 51 heavy (non-hydrogen) atoms. The Morgan fingerprint density at radius 2 is 0.843 bits per heavy atom. The van der Waals surface area contributed by atoms with Gasteiger partial charge >= 0.3 is 0 Å². The molecule has 0 radical (unpaired) electrons. The highest BCUT2D eigenvalue weighted by molar-refractivity contribution is 6.08. The van der Waals surface area contributed by atoms with Gasteiger partial charge in [0.25, 0.3) is 0 Å². The molecule has 0 aliphatic heterocycles. The summed E-state index contributed by atoms with van der Waals surface area (Å²) in [5.41, 5.74) is 14.7. The van der Waals surface area contributed by atoms with Crippen molar-refractivity contribution >= 4 is 39.0 Å². The van der Waals surface area contributed by atoms with Gasteiger partial charge in [-0.25, -0.2) is 0 Å². The number of furan rings is 1. The number of fused-ring (bicyclic) bond motifs is 6.